The third kappa shape index (κ3) is 5.46. The number of aryl methyl sites for hydroxylation is 1. The van der Waals surface area contributed by atoms with Crippen LogP contribution in [0.15, 0.2) is 76.5 Å². The summed E-state index contributed by atoms with van der Waals surface area (Å²) in [6.07, 6.45) is 3.92. The normalized spacial score (nSPS) is 13.1. The molecule has 0 spiro atoms. The summed E-state index contributed by atoms with van der Waals surface area (Å²) in [6, 6.07) is 19.0. The minimum absolute atomic E-state index is 0.104. The summed E-state index contributed by atoms with van der Waals surface area (Å²) in [4.78, 5) is 12.5. The highest BCUT2D eigenvalue weighted by molar-refractivity contribution is 7.99. The van der Waals surface area contributed by atoms with Gasteiger partial charge in [0.15, 0.2) is 5.16 Å². The van der Waals surface area contributed by atoms with Gasteiger partial charge in [-0.05, 0) is 73.9 Å². The van der Waals surface area contributed by atoms with Crippen LogP contribution in [0.25, 0.3) is 0 Å². The molecule has 1 amide bonds. The first-order chi connectivity index (χ1) is 16.1. The van der Waals surface area contributed by atoms with E-state index in [1.807, 2.05) is 67.6 Å². The van der Waals surface area contributed by atoms with Gasteiger partial charge in [0.2, 0.25) is 5.91 Å². The van der Waals surface area contributed by atoms with E-state index >= 15 is 0 Å². The molecule has 1 aliphatic carbocycles. The maximum absolute atomic E-state index is 12.5. The molecule has 33 heavy (non-hydrogen) atoms. The molecule has 0 unspecified atom stereocenters. The summed E-state index contributed by atoms with van der Waals surface area (Å²) < 4.78 is 13.4. The zero-order chi connectivity index (χ0) is 22.6. The van der Waals surface area contributed by atoms with Crippen molar-refractivity contribution < 1.29 is 13.9 Å². The molecule has 2 heterocycles. The van der Waals surface area contributed by atoms with Crippen molar-refractivity contribution in [1.82, 2.24) is 14.8 Å². The Bertz CT molecular complexity index is 1230. The number of nitrogens with zero attached hydrogens (tertiary/aromatic N) is 3. The second-order valence-corrected chi connectivity index (χ2v) is 9.00. The van der Waals surface area contributed by atoms with Crippen molar-refractivity contribution in [1.29, 1.82) is 0 Å². The van der Waals surface area contributed by atoms with Gasteiger partial charge in [-0.2, -0.15) is 0 Å². The number of nitrogens with one attached hydrogen (secondary N) is 1. The fourth-order valence-corrected chi connectivity index (χ4v) is 4.25. The quantitative estimate of drug-likeness (QED) is 0.326. The fourth-order valence-electron chi connectivity index (χ4n) is 3.51. The number of anilines is 1. The molecule has 4 aromatic rings. The number of furan rings is 1. The third-order valence-electron chi connectivity index (χ3n) is 5.28. The van der Waals surface area contributed by atoms with Crippen LogP contribution in [-0.4, -0.2) is 26.4 Å². The molecule has 0 bridgehead atoms. The average molecular weight is 461 g/mol. The molecule has 0 aliphatic heterocycles. The van der Waals surface area contributed by atoms with Crippen molar-refractivity contribution in [2.24, 2.45) is 0 Å². The van der Waals surface area contributed by atoms with Crippen LogP contribution in [0.4, 0.5) is 5.69 Å². The standard InChI is InChI=1S/C25H24N4O3S/c1-17-4-2-5-21(14-17)32-20-11-9-19(10-12-20)26-23(30)16-33-25-28-27-24(18-7-8-18)29(25)15-22-6-3-13-31-22/h2-6,9-14,18H,7-8,15-16H2,1H3,(H,26,30). The van der Waals surface area contributed by atoms with Crippen LogP contribution in [-0.2, 0) is 11.3 Å². The van der Waals surface area contributed by atoms with Crippen LogP contribution in [0, 0.1) is 6.92 Å². The molecule has 2 aromatic carbocycles. The number of benzene rings is 2. The summed E-state index contributed by atoms with van der Waals surface area (Å²) in [5.74, 6) is 3.90. The molecular formula is C25H24N4O3S. The zero-order valence-electron chi connectivity index (χ0n) is 18.2. The molecule has 1 fully saturated rings. The van der Waals surface area contributed by atoms with Crippen molar-refractivity contribution >= 4 is 23.4 Å². The first kappa shape index (κ1) is 21.3. The molecule has 168 valence electrons. The Morgan fingerprint density at radius 1 is 1.12 bits per heavy atom. The lowest BCUT2D eigenvalue weighted by Gasteiger charge is -2.09. The van der Waals surface area contributed by atoms with Crippen molar-refractivity contribution in [3.05, 3.63) is 84.1 Å². The summed E-state index contributed by atoms with van der Waals surface area (Å²) in [5, 5.41) is 12.4. The molecule has 1 saturated carbocycles. The summed E-state index contributed by atoms with van der Waals surface area (Å²) in [5.41, 5.74) is 1.85. The number of rotatable bonds is 9. The lowest BCUT2D eigenvalue weighted by Crippen LogP contribution is -2.15. The lowest BCUT2D eigenvalue weighted by atomic mass is 10.2. The highest BCUT2D eigenvalue weighted by Gasteiger charge is 2.30. The number of carbonyl (C=O) groups is 1. The van der Waals surface area contributed by atoms with E-state index < -0.39 is 0 Å². The second kappa shape index (κ2) is 9.54. The van der Waals surface area contributed by atoms with Crippen LogP contribution < -0.4 is 10.1 Å². The van der Waals surface area contributed by atoms with Gasteiger partial charge in [0.1, 0.15) is 23.1 Å². The molecular weight excluding hydrogens is 436 g/mol. The monoisotopic (exact) mass is 460 g/mol. The summed E-state index contributed by atoms with van der Waals surface area (Å²) in [6.45, 7) is 2.59. The van der Waals surface area contributed by atoms with Gasteiger partial charge in [0.05, 0.1) is 18.6 Å². The Labute approximate surface area is 196 Å². The Morgan fingerprint density at radius 2 is 1.97 bits per heavy atom. The van der Waals surface area contributed by atoms with Gasteiger partial charge in [-0.25, -0.2) is 0 Å². The summed E-state index contributed by atoms with van der Waals surface area (Å²) >= 11 is 1.38. The van der Waals surface area contributed by atoms with Crippen molar-refractivity contribution in [3.63, 3.8) is 0 Å². The molecule has 0 saturated heterocycles. The number of aromatic nitrogens is 3. The predicted molar refractivity (Wildman–Crippen MR) is 127 cm³/mol. The molecule has 5 rings (SSSR count). The van der Waals surface area contributed by atoms with E-state index in [0.717, 1.165) is 40.9 Å². The lowest BCUT2D eigenvalue weighted by molar-refractivity contribution is -0.113. The van der Waals surface area contributed by atoms with Gasteiger partial charge in [0.25, 0.3) is 0 Å². The molecule has 8 heteroatoms. The first-order valence-electron chi connectivity index (χ1n) is 10.9. The van der Waals surface area contributed by atoms with E-state index in [9.17, 15) is 4.79 Å². The summed E-state index contributed by atoms with van der Waals surface area (Å²) in [7, 11) is 0. The molecule has 7 nitrogen and oxygen atoms in total. The molecule has 1 aliphatic rings. The van der Waals surface area contributed by atoms with E-state index in [0.29, 0.717) is 23.9 Å². The Morgan fingerprint density at radius 3 is 2.70 bits per heavy atom. The largest absolute Gasteiger partial charge is 0.467 e. The molecule has 1 N–H and O–H groups in total. The van der Waals surface area contributed by atoms with Crippen molar-refractivity contribution in [2.75, 3.05) is 11.1 Å². The highest BCUT2D eigenvalue weighted by Crippen LogP contribution is 2.40. The predicted octanol–water partition coefficient (Wildman–Crippen LogP) is 5.63. The van der Waals surface area contributed by atoms with Gasteiger partial charge in [0, 0.05) is 11.6 Å². The molecule has 0 radical (unpaired) electrons. The first-order valence-corrected chi connectivity index (χ1v) is 11.9. The number of carbonyl (C=O) groups excluding carboxylic acids is 1. The maximum atomic E-state index is 12.5. The molecule has 2 aromatic heterocycles. The van der Waals surface area contributed by atoms with Crippen molar-refractivity contribution in [3.8, 4) is 11.5 Å². The van der Waals surface area contributed by atoms with Crippen LogP contribution in [0.5, 0.6) is 11.5 Å². The van der Waals surface area contributed by atoms with Crippen molar-refractivity contribution in [2.45, 2.75) is 37.4 Å². The fraction of sp³-hybridized carbons (Fsp3) is 0.240. The number of amides is 1. The van der Waals surface area contributed by atoms with Crippen LogP contribution in [0.1, 0.15) is 35.9 Å². The zero-order valence-corrected chi connectivity index (χ0v) is 19.0. The Balaban J connectivity index is 1.18. The number of hydrogen-bond acceptors (Lipinski definition) is 6. The van der Waals surface area contributed by atoms with Gasteiger partial charge < -0.3 is 14.5 Å². The average Bonchev–Trinajstić information content (AvgIpc) is 3.37. The SMILES string of the molecule is Cc1cccc(Oc2ccc(NC(=O)CSc3nnc(C4CC4)n3Cc3ccco3)cc2)c1. The van der Waals surface area contributed by atoms with Gasteiger partial charge in [-0.15, -0.1) is 10.2 Å². The van der Waals surface area contributed by atoms with Gasteiger partial charge >= 0.3 is 0 Å². The minimum Gasteiger partial charge on any atom is -0.467 e. The smallest absolute Gasteiger partial charge is 0.234 e. The van der Waals surface area contributed by atoms with E-state index in [1.54, 1.807) is 6.26 Å². The van der Waals surface area contributed by atoms with E-state index in [1.165, 1.54) is 11.8 Å². The van der Waals surface area contributed by atoms with Gasteiger partial charge in [-0.1, -0.05) is 23.9 Å². The second-order valence-electron chi connectivity index (χ2n) is 8.06. The van der Waals surface area contributed by atoms with Crippen LogP contribution in [0.2, 0.25) is 0 Å². The van der Waals surface area contributed by atoms with E-state index in [2.05, 4.69) is 20.1 Å². The minimum atomic E-state index is -0.104. The Hall–Kier alpha value is -3.52. The number of thioether (sulfide) groups is 1. The topological polar surface area (TPSA) is 82.2 Å². The third-order valence-corrected chi connectivity index (χ3v) is 6.24. The molecule has 0 atom stereocenters. The van der Waals surface area contributed by atoms with E-state index in [4.69, 9.17) is 9.15 Å². The van der Waals surface area contributed by atoms with Crippen LogP contribution >= 0.6 is 11.8 Å². The maximum Gasteiger partial charge on any atom is 0.234 e. The Kier molecular flexibility index (Phi) is 6.17. The number of ether oxygens (including phenoxy) is 1. The van der Waals surface area contributed by atoms with E-state index in [-0.39, 0.29) is 11.7 Å². The number of hydrogen-bond donors (Lipinski definition) is 1. The highest BCUT2D eigenvalue weighted by atomic mass is 32.2. The van der Waals surface area contributed by atoms with Crippen LogP contribution in [0.3, 0.4) is 0 Å². The van der Waals surface area contributed by atoms with Gasteiger partial charge in [-0.3, -0.25) is 9.36 Å².